The predicted molar refractivity (Wildman–Crippen MR) is 64.5 cm³/mol. The summed E-state index contributed by atoms with van der Waals surface area (Å²) in [5.74, 6) is -0.0178. The average Bonchev–Trinajstić information content (AvgIpc) is 2.68. The van der Waals surface area contributed by atoms with Crippen molar-refractivity contribution in [2.45, 2.75) is 20.8 Å². The normalized spacial score (nSPS) is 10.4. The lowest BCUT2D eigenvalue weighted by molar-refractivity contribution is 0.101. The van der Waals surface area contributed by atoms with E-state index in [9.17, 15) is 9.18 Å². The largest absolute Gasteiger partial charge is 0.437 e. The minimum Gasteiger partial charge on any atom is -0.437 e. The topological polar surface area (TPSA) is 55.0 Å². The molecule has 18 heavy (non-hydrogen) atoms. The fourth-order valence-corrected chi connectivity index (χ4v) is 1.57. The van der Waals surface area contributed by atoms with Crippen LogP contribution in [0.2, 0.25) is 0 Å². The van der Waals surface area contributed by atoms with Gasteiger partial charge in [0, 0.05) is 11.8 Å². The van der Waals surface area contributed by atoms with Gasteiger partial charge in [0.1, 0.15) is 11.6 Å². The van der Waals surface area contributed by atoms with Crippen molar-refractivity contribution in [3.63, 3.8) is 0 Å². The Morgan fingerprint density at radius 2 is 2.06 bits per heavy atom. The van der Waals surface area contributed by atoms with Crippen molar-refractivity contribution in [1.82, 2.24) is 10.2 Å². The number of Topliss-reactive ketones (excluding diaryl/α,β-unsaturated/α-hetero) is 1. The molecule has 0 saturated heterocycles. The summed E-state index contributed by atoms with van der Waals surface area (Å²) in [6.45, 7) is 4.82. The van der Waals surface area contributed by atoms with E-state index in [-0.39, 0.29) is 11.3 Å². The molecule has 0 atom stereocenters. The summed E-state index contributed by atoms with van der Waals surface area (Å²) < 4.78 is 18.9. The minimum absolute atomic E-state index is 0.207. The Labute approximate surface area is 104 Å². The number of halogens is 1. The number of ketones is 1. The molecule has 0 amide bonds. The van der Waals surface area contributed by atoms with Gasteiger partial charge in [0.05, 0.1) is 5.56 Å². The highest BCUT2D eigenvalue weighted by molar-refractivity contribution is 5.97. The van der Waals surface area contributed by atoms with E-state index in [2.05, 4.69) is 10.2 Å². The SMILES string of the molecule is CC(=O)c1cc(F)c(C)cc1Oc1cc(C)[nH]n1. The third-order valence-electron chi connectivity index (χ3n) is 2.54. The molecule has 2 aromatic rings. The van der Waals surface area contributed by atoms with E-state index in [1.165, 1.54) is 19.1 Å². The van der Waals surface area contributed by atoms with Gasteiger partial charge in [-0.2, -0.15) is 0 Å². The molecule has 0 aliphatic rings. The van der Waals surface area contributed by atoms with Gasteiger partial charge in [-0.15, -0.1) is 5.10 Å². The van der Waals surface area contributed by atoms with Gasteiger partial charge in [0.2, 0.25) is 5.88 Å². The highest BCUT2D eigenvalue weighted by atomic mass is 19.1. The van der Waals surface area contributed by atoms with Gasteiger partial charge < -0.3 is 4.74 Å². The molecular formula is C13H13FN2O2. The summed E-state index contributed by atoms with van der Waals surface area (Å²) in [6, 6.07) is 4.38. The number of carbonyl (C=O) groups is 1. The summed E-state index contributed by atoms with van der Waals surface area (Å²) >= 11 is 0. The summed E-state index contributed by atoms with van der Waals surface area (Å²) in [7, 11) is 0. The van der Waals surface area contributed by atoms with Gasteiger partial charge in [0.15, 0.2) is 5.78 Å². The molecule has 0 spiro atoms. The fourth-order valence-electron chi connectivity index (χ4n) is 1.57. The van der Waals surface area contributed by atoms with Crippen molar-refractivity contribution in [3.05, 3.63) is 40.8 Å². The Morgan fingerprint density at radius 1 is 1.33 bits per heavy atom. The van der Waals surface area contributed by atoms with Gasteiger partial charge >= 0.3 is 0 Å². The Kier molecular flexibility index (Phi) is 3.14. The van der Waals surface area contributed by atoms with E-state index >= 15 is 0 Å². The van der Waals surface area contributed by atoms with Crippen LogP contribution in [-0.2, 0) is 0 Å². The van der Waals surface area contributed by atoms with Gasteiger partial charge in [-0.25, -0.2) is 4.39 Å². The molecule has 0 bridgehead atoms. The van der Waals surface area contributed by atoms with E-state index < -0.39 is 5.82 Å². The van der Waals surface area contributed by atoms with E-state index in [0.717, 1.165) is 5.69 Å². The average molecular weight is 248 g/mol. The van der Waals surface area contributed by atoms with Crippen LogP contribution in [0.3, 0.4) is 0 Å². The first kappa shape index (κ1) is 12.3. The van der Waals surface area contributed by atoms with Crippen molar-refractivity contribution in [2.24, 2.45) is 0 Å². The van der Waals surface area contributed by atoms with Crippen LogP contribution < -0.4 is 4.74 Å². The quantitative estimate of drug-likeness (QED) is 0.849. The van der Waals surface area contributed by atoms with Crippen molar-refractivity contribution in [2.75, 3.05) is 0 Å². The van der Waals surface area contributed by atoms with Crippen LogP contribution in [-0.4, -0.2) is 16.0 Å². The number of aromatic amines is 1. The number of nitrogens with zero attached hydrogens (tertiary/aromatic N) is 1. The van der Waals surface area contributed by atoms with Crippen molar-refractivity contribution < 1.29 is 13.9 Å². The molecule has 5 heteroatoms. The standard InChI is InChI=1S/C13H13FN2O2/c1-7-4-12(10(9(3)17)6-11(7)14)18-13-5-8(2)15-16-13/h4-6H,1-3H3,(H,15,16). The third-order valence-corrected chi connectivity index (χ3v) is 2.54. The molecule has 1 N–H and O–H groups in total. The van der Waals surface area contributed by atoms with Crippen LogP contribution in [0, 0.1) is 19.7 Å². The van der Waals surface area contributed by atoms with Crippen LogP contribution in [0.1, 0.15) is 28.5 Å². The molecular weight excluding hydrogens is 235 g/mol. The molecule has 0 saturated carbocycles. The second-order valence-corrected chi connectivity index (χ2v) is 4.14. The summed E-state index contributed by atoms with van der Waals surface area (Å²) in [5, 5.41) is 6.64. The molecule has 0 aliphatic carbocycles. The van der Waals surface area contributed by atoms with Gasteiger partial charge in [-0.05, 0) is 38.5 Å². The van der Waals surface area contributed by atoms with Gasteiger partial charge in [-0.3, -0.25) is 9.89 Å². The van der Waals surface area contributed by atoms with E-state index in [1.807, 2.05) is 6.92 Å². The Balaban J connectivity index is 2.42. The molecule has 94 valence electrons. The lowest BCUT2D eigenvalue weighted by atomic mass is 10.1. The number of carbonyl (C=O) groups excluding carboxylic acids is 1. The number of ether oxygens (including phenoxy) is 1. The van der Waals surface area contributed by atoms with Crippen LogP contribution in [0.4, 0.5) is 4.39 Å². The number of nitrogens with one attached hydrogen (secondary N) is 1. The molecule has 0 radical (unpaired) electrons. The smallest absolute Gasteiger partial charge is 0.238 e. The number of hydrogen-bond acceptors (Lipinski definition) is 3. The Morgan fingerprint density at radius 3 is 2.61 bits per heavy atom. The minimum atomic E-state index is -0.425. The number of rotatable bonds is 3. The van der Waals surface area contributed by atoms with Crippen molar-refractivity contribution in [3.8, 4) is 11.6 Å². The number of aromatic nitrogens is 2. The first-order chi connectivity index (χ1) is 8.47. The molecule has 0 fully saturated rings. The van der Waals surface area contributed by atoms with E-state index in [0.29, 0.717) is 17.2 Å². The van der Waals surface area contributed by atoms with Gasteiger partial charge in [0.25, 0.3) is 0 Å². The summed E-state index contributed by atoms with van der Waals surface area (Å²) in [6.07, 6.45) is 0. The molecule has 1 heterocycles. The second-order valence-electron chi connectivity index (χ2n) is 4.14. The highest BCUT2D eigenvalue weighted by Gasteiger charge is 2.14. The fraction of sp³-hybridized carbons (Fsp3) is 0.231. The second kappa shape index (κ2) is 4.60. The van der Waals surface area contributed by atoms with Crippen LogP contribution in [0.25, 0.3) is 0 Å². The zero-order valence-electron chi connectivity index (χ0n) is 10.4. The maximum Gasteiger partial charge on any atom is 0.238 e. The molecule has 2 rings (SSSR count). The lowest BCUT2D eigenvalue weighted by Crippen LogP contribution is -2.00. The summed E-state index contributed by atoms with van der Waals surface area (Å²) in [5.41, 5.74) is 1.47. The first-order valence-electron chi connectivity index (χ1n) is 5.48. The molecule has 0 aliphatic heterocycles. The number of aryl methyl sites for hydroxylation is 2. The first-order valence-corrected chi connectivity index (χ1v) is 5.48. The maximum absolute atomic E-state index is 13.4. The molecule has 1 aromatic heterocycles. The zero-order chi connectivity index (χ0) is 13.3. The predicted octanol–water partition coefficient (Wildman–Crippen LogP) is 3.16. The van der Waals surface area contributed by atoms with Crippen molar-refractivity contribution in [1.29, 1.82) is 0 Å². The Bertz CT molecular complexity index is 605. The molecule has 1 aromatic carbocycles. The van der Waals surface area contributed by atoms with Crippen molar-refractivity contribution >= 4 is 5.78 Å². The van der Waals surface area contributed by atoms with Crippen LogP contribution in [0.5, 0.6) is 11.6 Å². The third kappa shape index (κ3) is 2.40. The van der Waals surface area contributed by atoms with E-state index in [4.69, 9.17) is 4.74 Å². The lowest BCUT2D eigenvalue weighted by Gasteiger charge is -2.08. The molecule has 0 unspecified atom stereocenters. The maximum atomic E-state index is 13.4. The molecule has 4 nitrogen and oxygen atoms in total. The number of benzene rings is 1. The number of hydrogen-bond donors (Lipinski definition) is 1. The highest BCUT2D eigenvalue weighted by Crippen LogP contribution is 2.27. The van der Waals surface area contributed by atoms with Crippen LogP contribution in [0.15, 0.2) is 18.2 Å². The summed E-state index contributed by atoms with van der Waals surface area (Å²) in [4.78, 5) is 11.5. The zero-order valence-corrected chi connectivity index (χ0v) is 10.4. The van der Waals surface area contributed by atoms with Crippen LogP contribution >= 0.6 is 0 Å². The van der Waals surface area contributed by atoms with Gasteiger partial charge in [-0.1, -0.05) is 0 Å². The Hall–Kier alpha value is -2.17. The van der Waals surface area contributed by atoms with E-state index in [1.54, 1.807) is 13.0 Å². The monoisotopic (exact) mass is 248 g/mol. The number of H-pyrrole nitrogens is 1.